The number of aliphatic imine (C=N–C) groups is 1. The number of aromatic nitrogens is 3. The van der Waals surface area contributed by atoms with Crippen molar-refractivity contribution in [1.29, 1.82) is 0 Å². The SMILES string of the molecule is CN=C(NCCCc1nnc(SC)n1CC(C)C)NCC1CC(=O)Nc2ccccc21.I. The maximum Gasteiger partial charge on any atom is 0.225 e. The molecule has 1 unspecified atom stereocenters. The molecule has 32 heavy (non-hydrogen) atoms. The number of anilines is 1. The average Bonchev–Trinajstić information content (AvgIpc) is 3.13. The number of halogens is 1. The average molecular weight is 572 g/mol. The first-order valence-electron chi connectivity index (χ1n) is 10.8. The number of benzene rings is 1. The number of nitrogens with zero attached hydrogens (tertiary/aromatic N) is 4. The number of carbonyl (C=O) groups is 1. The molecule has 1 amide bonds. The lowest BCUT2D eigenvalue weighted by Crippen LogP contribution is -2.41. The monoisotopic (exact) mass is 571 g/mol. The molecule has 1 aliphatic heterocycles. The van der Waals surface area contributed by atoms with Crippen LogP contribution in [0.5, 0.6) is 0 Å². The van der Waals surface area contributed by atoms with E-state index < -0.39 is 0 Å². The van der Waals surface area contributed by atoms with E-state index in [4.69, 9.17) is 0 Å². The van der Waals surface area contributed by atoms with Gasteiger partial charge in [-0.25, -0.2) is 0 Å². The van der Waals surface area contributed by atoms with Gasteiger partial charge in [0.25, 0.3) is 0 Å². The first kappa shape index (κ1) is 26.4. The van der Waals surface area contributed by atoms with Gasteiger partial charge in [0.05, 0.1) is 0 Å². The van der Waals surface area contributed by atoms with Crippen LogP contribution < -0.4 is 16.0 Å². The maximum absolute atomic E-state index is 12.0. The summed E-state index contributed by atoms with van der Waals surface area (Å²) >= 11 is 1.64. The number of hydrogen-bond acceptors (Lipinski definition) is 5. The number of carbonyl (C=O) groups excluding carboxylic acids is 1. The van der Waals surface area contributed by atoms with Gasteiger partial charge in [-0.15, -0.1) is 34.2 Å². The van der Waals surface area contributed by atoms with Gasteiger partial charge in [-0.3, -0.25) is 9.79 Å². The Morgan fingerprint density at radius 2 is 2.09 bits per heavy atom. The highest BCUT2D eigenvalue weighted by Crippen LogP contribution is 2.31. The fraction of sp³-hybridized carbons (Fsp3) is 0.545. The standard InChI is InChI=1S/C22H33N7OS.HI/c1-15(2)14-29-19(27-28-22(29)31-4)10-7-11-24-21(23-3)25-13-16-12-20(30)26-18-9-6-5-8-17(16)18;/h5-6,8-9,15-16H,7,10-14H2,1-4H3,(H,26,30)(H2,23,24,25);1H. The Morgan fingerprint density at radius 3 is 2.81 bits per heavy atom. The third kappa shape index (κ3) is 7.09. The molecule has 0 bridgehead atoms. The molecule has 10 heteroatoms. The fourth-order valence-corrected chi connectivity index (χ4v) is 4.30. The number of fused-ring (bicyclic) bond motifs is 1. The van der Waals surface area contributed by atoms with Gasteiger partial charge in [0.2, 0.25) is 5.91 Å². The quantitative estimate of drug-likeness (QED) is 0.140. The van der Waals surface area contributed by atoms with Gasteiger partial charge < -0.3 is 20.5 Å². The van der Waals surface area contributed by atoms with Crippen molar-refractivity contribution in [3.8, 4) is 0 Å². The van der Waals surface area contributed by atoms with Crippen molar-refractivity contribution in [2.24, 2.45) is 10.9 Å². The predicted molar refractivity (Wildman–Crippen MR) is 142 cm³/mol. The van der Waals surface area contributed by atoms with Crippen molar-refractivity contribution < 1.29 is 4.79 Å². The summed E-state index contributed by atoms with van der Waals surface area (Å²) in [5.74, 6) is 2.52. The topological polar surface area (TPSA) is 96.2 Å². The van der Waals surface area contributed by atoms with Crippen LogP contribution in [-0.2, 0) is 17.8 Å². The van der Waals surface area contributed by atoms with Gasteiger partial charge in [0.1, 0.15) is 5.82 Å². The molecule has 0 spiro atoms. The van der Waals surface area contributed by atoms with Gasteiger partial charge >= 0.3 is 0 Å². The third-order valence-electron chi connectivity index (χ3n) is 5.24. The smallest absolute Gasteiger partial charge is 0.225 e. The molecule has 0 saturated carbocycles. The van der Waals surface area contributed by atoms with Crippen LogP contribution in [0.3, 0.4) is 0 Å². The summed E-state index contributed by atoms with van der Waals surface area (Å²) in [5.41, 5.74) is 2.07. The molecule has 1 aromatic carbocycles. The fourth-order valence-electron chi connectivity index (χ4n) is 3.78. The third-order valence-corrected chi connectivity index (χ3v) is 5.91. The van der Waals surface area contributed by atoms with E-state index in [0.717, 1.165) is 48.6 Å². The molecule has 2 aromatic rings. The number of rotatable bonds is 9. The zero-order chi connectivity index (χ0) is 22.2. The molecular weight excluding hydrogens is 537 g/mol. The van der Waals surface area contributed by atoms with E-state index in [0.29, 0.717) is 18.9 Å². The van der Waals surface area contributed by atoms with E-state index in [1.54, 1.807) is 18.8 Å². The number of para-hydroxylation sites is 1. The Kier molecular flexibility index (Phi) is 10.8. The summed E-state index contributed by atoms with van der Waals surface area (Å²) in [5, 5.41) is 19.4. The largest absolute Gasteiger partial charge is 0.356 e. The van der Waals surface area contributed by atoms with Crippen molar-refractivity contribution in [2.45, 2.75) is 50.7 Å². The molecule has 3 N–H and O–H groups in total. The van der Waals surface area contributed by atoms with Gasteiger partial charge in [0, 0.05) is 51.1 Å². The Morgan fingerprint density at radius 1 is 1.31 bits per heavy atom. The molecule has 0 radical (unpaired) electrons. The minimum Gasteiger partial charge on any atom is -0.356 e. The van der Waals surface area contributed by atoms with Crippen LogP contribution in [-0.4, -0.2) is 53.0 Å². The summed E-state index contributed by atoms with van der Waals surface area (Å²) in [6.45, 7) is 6.79. The predicted octanol–water partition coefficient (Wildman–Crippen LogP) is 3.50. The molecule has 0 aliphatic carbocycles. The minimum absolute atomic E-state index is 0. The number of hydrogen-bond donors (Lipinski definition) is 3. The highest BCUT2D eigenvalue weighted by atomic mass is 127. The minimum atomic E-state index is 0. The van der Waals surface area contributed by atoms with Crippen molar-refractivity contribution in [1.82, 2.24) is 25.4 Å². The summed E-state index contributed by atoms with van der Waals surface area (Å²) in [4.78, 5) is 16.3. The maximum atomic E-state index is 12.0. The van der Waals surface area contributed by atoms with E-state index in [2.05, 4.69) is 55.6 Å². The summed E-state index contributed by atoms with van der Waals surface area (Å²) in [6, 6.07) is 7.98. The first-order valence-corrected chi connectivity index (χ1v) is 12.0. The van der Waals surface area contributed by atoms with E-state index in [1.165, 1.54) is 5.56 Å². The second kappa shape index (κ2) is 13.0. The van der Waals surface area contributed by atoms with Gasteiger partial charge in [-0.2, -0.15) is 0 Å². The van der Waals surface area contributed by atoms with E-state index >= 15 is 0 Å². The van der Waals surface area contributed by atoms with Crippen LogP contribution in [0.1, 0.15) is 44.0 Å². The lowest BCUT2D eigenvalue weighted by atomic mass is 9.90. The highest BCUT2D eigenvalue weighted by molar-refractivity contribution is 14.0. The van der Waals surface area contributed by atoms with Crippen LogP contribution >= 0.6 is 35.7 Å². The van der Waals surface area contributed by atoms with Crippen molar-refractivity contribution in [3.63, 3.8) is 0 Å². The van der Waals surface area contributed by atoms with Gasteiger partial charge in [-0.1, -0.05) is 43.8 Å². The summed E-state index contributed by atoms with van der Waals surface area (Å²) in [7, 11) is 1.76. The molecule has 1 aromatic heterocycles. The molecule has 0 saturated heterocycles. The van der Waals surface area contributed by atoms with Crippen LogP contribution in [0, 0.1) is 5.92 Å². The molecule has 2 heterocycles. The number of guanidine groups is 1. The lowest BCUT2D eigenvalue weighted by Gasteiger charge is -2.26. The molecule has 176 valence electrons. The number of thioether (sulfide) groups is 1. The Bertz CT molecular complexity index is 915. The second-order valence-corrected chi connectivity index (χ2v) is 8.90. The lowest BCUT2D eigenvalue weighted by molar-refractivity contribution is -0.116. The zero-order valence-corrected chi connectivity index (χ0v) is 22.4. The molecule has 0 fully saturated rings. The second-order valence-electron chi connectivity index (χ2n) is 8.13. The van der Waals surface area contributed by atoms with E-state index in [9.17, 15) is 4.79 Å². The van der Waals surface area contributed by atoms with Crippen molar-refractivity contribution in [3.05, 3.63) is 35.7 Å². The highest BCUT2D eigenvalue weighted by Gasteiger charge is 2.24. The number of amides is 1. The van der Waals surface area contributed by atoms with Crippen LogP contribution in [0.2, 0.25) is 0 Å². The zero-order valence-electron chi connectivity index (χ0n) is 19.2. The molecular formula is C22H34IN7OS. The first-order chi connectivity index (χ1) is 15.0. The van der Waals surface area contributed by atoms with Crippen molar-refractivity contribution >= 4 is 53.3 Å². The number of nitrogens with one attached hydrogen (secondary N) is 3. The number of aryl methyl sites for hydroxylation is 1. The van der Waals surface area contributed by atoms with Crippen LogP contribution in [0.4, 0.5) is 5.69 Å². The Labute approximate surface area is 211 Å². The van der Waals surface area contributed by atoms with Gasteiger partial charge in [-0.05, 0) is 30.2 Å². The molecule has 1 atom stereocenters. The van der Waals surface area contributed by atoms with Crippen molar-refractivity contribution in [2.75, 3.05) is 31.7 Å². The molecule has 3 rings (SSSR count). The Hall–Kier alpha value is -1.82. The Balaban J connectivity index is 0.00000363. The van der Waals surface area contributed by atoms with Crippen LogP contribution in [0.25, 0.3) is 0 Å². The normalized spacial score (nSPS) is 15.7. The summed E-state index contributed by atoms with van der Waals surface area (Å²) in [6.07, 6.45) is 4.31. The van der Waals surface area contributed by atoms with E-state index in [-0.39, 0.29) is 35.8 Å². The molecule has 8 nitrogen and oxygen atoms in total. The summed E-state index contributed by atoms with van der Waals surface area (Å²) < 4.78 is 2.23. The van der Waals surface area contributed by atoms with E-state index in [1.807, 2.05) is 24.5 Å². The van der Waals surface area contributed by atoms with Gasteiger partial charge in [0.15, 0.2) is 11.1 Å². The van der Waals surface area contributed by atoms with Crippen LogP contribution in [0.15, 0.2) is 34.4 Å². The molecule has 1 aliphatic rings.